The summed E-state index contributed by atoms with van der Waals surface area (Å²) in [6, 6.07) is 12.8. The second-order valence-electron chi connectivity index (χ2n) is 8.76. The molecule has 0 aliphatic carbocycles. The van der Waals surface area contributed by atoms with Crippen molar-refractivity contribution >= 4 is 23.0 Å². The molecule has 9 heteroatoms. The highest BCUT2D eigenvalue weighted by molar-refractivity contribution is 5.98. The van der Waals surface area contributed by atoms with Crippen LogP contribution in [-0.4, -0.2) is 57.0 Å². The first-order valence-electron chi connectivity index (χ1n) is 11.6. The lowest BCUT2D eigenvalue weighted by atomic mass is 10.0. The fourth-order valence-electron chi connectivity index (χ4n) is 4.70. The van der Waals surface area contributed by atoms with E-state index in [1.165, 1.54) is 29.7 Å². The minimum Gasteiger partial charge on any atom is -0.423 e. The number of oxazole rings is 1. The highest BCUT2D eigenvalue weighted by Gasteiger charge is 2.43. The standard InChI is InChI=1S/C22H19FN6O2.C3H8/c23-16-4-3-6-18(29-24-8-9-25-29)20(16)21(30)27-10-14-12-28(13-15(14)11-27)22-26-17-5-1-2-7-19(17)31-22;1-3-2/h1-9,14-15H,10-13H2;3H2,1-2H3. The van der Waals surface area contributed by atoms with Gasteiger partial charge in [0.1, 0.15) is 22.6 Å². The third-order valence-corrected chi connectivity index (χ3v) is 6.17. The van der Waals surface area contributed by atoms with Crippen LogP contribution >= 0.6 is 0 Å². The number of para-hydroxylation sites is 2. The summed E-state index contributed by atoms with van der Waals surface area (Å²) in [6.45, 7) is 6.90. The molecule has 4 aromatic rings. The van der Waals surface area contributed by atoms with Gasteiger partial charge in [-0.1, -0.05) is 38.5 Å². The lowest BCUT2D eigenvalue weighted by Gasteiger charge is -2.22. The molecule has 2 unspecified atom stereocenters. The van der Waals surface area contributed by atoms with Crippen LogP contribution in [0.1, 0.15) is 30.6 Å². The third kappa shape index (κ3) is 4.02. The molecule has 0 radical (unpaired) electrons. The number of rotatable bonds is 3. The molecular formula is C25H27FN6O2. The Morgan fingerprint density at radius 2 is 1.68 bits per heavy atom. The summed E-state index contributed by atoms with van der Waals surface area (Å²) in [6.07, 6.45) is 4.25. The molecule has 0 spiro atoms. The van der Waals surface area contributed by atoms with Crippen molar-refractivity contribution in [2.75, 3.05) is 31.1 Å². The summed E-state index contributed by atoms with van der Waals surface area (Å²) in [5, 5.41) is 8.12. The van der Waals surface area contributed by atoms with Crippen molar-refractivity contribution in [1.82, 2.24) is 24.9 Å². The number of nitrogens with zero attached hydrogens (tertiary/aromatic N) is 6. The predicted molar refractivity (Wildman–Crippen MR) is 126 cm³/mol. The molecule has 2 aromatic carbocycles. The first-order valence-corrected chi connectivity index (χ1v) is 11.6. The molecule has 2 aliphatic rings. The highest BCUT2D eigenvalue weighted by atomic mass is 19.1. The average molecular weight is 463 g/mol. The first kappa shape index (κ1) is 22.1. The van der Waals surface area contributed by atoms with Crippen LogP contribution in [0.4, 0.5) is 10.4 Å². The number of carbonyl (C=O) groups is 1. The molecule has 2 saturated heterocycles. The van der Waals surface area contributed by atoms with Crippen molar-refractivity contribution in [3.8, 4) is 5.69 Å². The number of anilines is 1. The van der Waals surface area contributed by atoms with Gasteiger partial charge in [0.2, 0.25) is 0 Å². The first-order chi connectivity index (χ1) is 16.6. The third-order valence-electron chi connectivity index (χ3n) is 6.17. The summed E-state index contributed by atoms with van der Waals surface area (Å²) in [7, 11) is 0. The van der Waals surface area contributed by atoms with Gasteiger partial charge < -0.3 is 14.2 Å². The lowest BCUT2D eigenvalue weighted by Crippen LogP contribution is -2.34. The second-order valence-corrected chi connectivity index (χ2v) is 8.76. The van der Waals surface area contributed by atoms with Gasteiger partial charge in [-0.3, -0.25) is 4.79 Å². The number of fused-ring (bicyclic) bond motifs is 2. The van der Waals surface area contributed by atoms with Crippen molar-refractivity contribution in [3.63, 3.8) is 0 Å². The quantitative estimate of drug-likeness (QED) is 0.455. The van der Waals surface area contributed by atoms with Crippen LogP contribution in [0.3, 0.4) is 0 Å². The van der Waals surface area contributed by atoms with E-state index in [1.54, 1.807) is 17.0 Å². The molecule has 6 rings (SSSR count). The zero-order valence-corrected chi connectivity index (χ0v) is 19.3. The molecule has 2 aromatic heterocycles. The van der Waals surface area contributed by atoms with E-state index in [0.29, 0.717) is 24.8 Å². The van der Waals surface area contributed by atoms with Crippen molar-refractivity contribution in [1.29, 1.82) is 0 Å². The van der Waals surface area contributed by atoms with Crippen molar-refractivity contribution in [2.24, 2.45) is 11.8 Å². The molecule has 0 bridgehead atoms. The van der Waals surface area contributed by atoms with Crippen LogP contribution in [0.15, 0.2) is 59.3 Å². The van der Waals surface area contributed by atoms with E-state index < -0.39 is 5.82 Å². The van der Waals surface area contributed by atoms with E-state index in [1.807, 2.05) is 24.3 Å². The summed E-state index contributed by atoms with van der Waals surface area (Å²) in [5.41, 5.74) is 1.96. The Labute approximate surface area is 197 Å². The number of hydrogen-bond acceptors (Lipinski definition) is 6. The molecule has 2 aliphatic heterocycles. The van der Waals surface area contributed by atoms with Gasteiger partial charge in [0.25, 0.3) is 11.9 Å². The molecule has 176 valence electrons. The molecule has 0 saturated carbocycles. The maximum Gasteiger partial charge on any atom is 0.298 e. The Balaban J connectivity index is 0.000000764. The second kappa shape index (κ2) is 9.24. The van der Waals surface area contributed by atoms with Gasteiger partial charge >= 0.3 is 0 Å². The number of amides is 1. The zero-order valence-electron chi connectivity index (χ0n) is 19.3. The van der Waals surface area contributed by atoms with Gasteiger partial charge in [-0.15, -0.1) is 0 Å². The number of hydrogen-bond donors (Lipinski definition) is 0. The number of likely N-dealkylation sites (tertiary alicyclic amines) is 1. The summed E-state index contributed by atoms with van der Waals surface area (Å²) < 4.78 is 20.6. The topological polar surface area (TPSA) is 80.3 Å². The molecule has 4 heterocycles. The van der Waals surface area contributed by atoms with Crippen molar-refractivity contribution in [2.45, 2.75) is 20.3 Å². The lowest BCUT2D eigenvalue weighted by molar-refractivity contribution is 0.0777. The summed E-state index contributed by atoms with van der Waals surface area (Å²) in [5.74, 6) is -0.313. The van der Waals surface area contributed by atoms with E-state index in [4.69, 9.17) is 4.42 Å². The Hall–Kier alpha value is -3.75. The average Bonchev–Trinajstić information content (AvgIpc) is 3.62. The van der Waals surface area contributed by atoms with Gasteiger partial charge in [-0.05, 0) is 24.3 Å². The predicted octanol–water partition coefficient (Wildman–Crippen LogP) is 4.17. The summed E-state index contributed by atoms with van der Waals surface area (Å²) in [4.78, 5) is 23.0. The van der Waals surface area contributed by atoms with Gasteiger partial charge in [-0.25, -0.2) is 4.39 Å². The van der Waals surface area contributed by atoms with Crippen LogP contribution in [0.5, 0.6) is 0 Å². The Morgan fingerprint density at radius 3 is 2.35 bits per heavy atom. The Bertz CT molecular complexity index is 1240. The minimum atomic E-state index is -0.565. The molecular weight excluding hydrogens is 435 g/mol. The molecule has 0 N–H and O–H groups in total. The zero-order chi connectivity index (χ0) is 23.7. The molecule has 34 heavy (non-hydrogen) atoms. The maximum atomic E-state index is 14.7. The van der Waals surface area contributed by atoms with Gasteiger partial charge in [0.05, 0.1) is 12.4 Å². The normalized spacial score (nSPS) is 19.3. The van der Waals surface area contributed by atoms with E-state index in [2.05, 4.69) is 33.9 Å². The van der Waals surface area contributed by atoms with Crippen molar-refractivity contribution in [3.05, 3.63) is 66.2 Å². The smallest absolute Gasteiger partial charge is 0.298 e. The highest BCUT2D eigenvalue weighted by Crippen LogP contribution is 2.36. The van der Waals surface area contributed by atoms with Gasteiger partial charge in [0, 0.05) is 38.0 Å². The van der Waals surface area contributed by atoms with Gasteiger partial charge in [-0.2, -0.15) is 20.0 Å². The number of aromatic nitrogens is 4. The van der Waals surface area contributed by atoms with Crippen LogP contribution < -0.4 is 4.90 Å². The van der Waals surface area contributed by atoms with Crippen LogP contribution in [-0.2, 0) is 0 Å². The SMILES string of the molecule is CCC.O=C(c1c(F)cccc1-n1nccn1)N1CC2CN(c3nc4ccccc4o3)CC2C1. The van der Waals surface area contributed by atoms with Crippen molar-refractivity contribution < 1.29 is 13.6 Å². The fourth-order valence-corrected chi connectivity index (χ4v) is 4.70. The van der Waals surface area contributed by atoms with E-state index >= 15 is 0 Å². The molecule has 2 atom stereocenters. The monoisotopic (exact) mass is 462 g/mol. The Kier molecular flexibility index (Phi) is 6.00. The largest absolute Gasteiger partial charge is 0.423 e. The van der Waals surface area contributed by atoms with Crippen LogP contribution in [0.2, 0.25) is 0 Å². The number of benzene rings is 2. The Morgan fingerprint density at radius 1 is 1.00 bits per heavy atom. The number of carbonyl (C=O) groups excluding carboxylic acids is 1. The maximum absolute atomic E-state index is 14.7. The minimum absolute atomic E-state index is 0.00878. The van der Waals surface area contributed by atoms with Gasteiger partial charge in [0.15, 0.2) is 5.58 Å². The van der Waals surface area contributed by atoms with E-state index in [0.717, 1.165) is 24.2 Å². The fraction of sp³-hybridized carbons (Fsp3) is 0.360. The van der Waals surface area contributed by atoms with Crippen LogP contribution in [0, 0.1) is 17.7 Å². The molecule has 1 amide bonds. The molecule has 8 nitrogen and oxygen atoms in total. The van der Waals surface area contributed by atoms with E-state index in [9.17, 15) is 9.18 Å². The van der Waals surface area contributed by atoms with E-state index in [-0.39, 0.29) is 23.3 Å². The van der Waals surface area contributed by atoms with Crippen LogP contribution in [0.25, 0.3) is 16.8 Å². The molecule has 2 fully saturated rings. The number of halogens is 1. The summed E-state index contributed by atoms with van der Waals surface area (Å²) >= 11 is 0.